The molecule has 0 aliphatic heterocycles. The highest BCUT2D eigenvalue weighted by molar-refractivity contribution is 7.18. The van der Waals surface area contributed by atoms with Gasteiger partial charge in [0.25, 0.3) is 5.56 Å². The van der Waals surface area contributed by atoms with Crippen molar-refractivity contribution in [1.82, 2.24) is 25.0 Å². The molecular formula is C15H11ClN6OS. The molecule has 0 unspecified atom stereocenters. The summed E-state index contributed by atoms with van der Waals surface area (Å²) in [5.74, 6) is 0. The number of nitrogens with one attached hydrogen (secondary N) is 2. The number of aromatic nitrogens is 5. The van der Waals surface area contributed by atoms with Crippen LogP contribution in [0.4, 0.5) is 10.8 Å². The number of pyridine rings is 1. The maximum absolute atomic E-state index is 11.7. The van der Waals surface area contributed by atoms with E-state index in [1.165, 1.54) is 22.0 Å². The van der Waals surface area contributed by atoms with Gasteiger partial charge in [-0.25, -0.2) is 0 Å². The molecule has 0 radical (unpaired) electrons. The standard InChI is InChI=1S/C15H11ClN6OS/c1-22-5-4-8(6-12(22)23)14-20-21-15(24-14)18-11-3-2-10-9(13(11)16)7-17-19-10/h2-7H,1H3,(H,17,19)(H,18,21). The van der Waals surface area contributed by atoms with E-state index in [2.05, 4.69) is 25.7 Å². The molecule has 9 heteroatoms. The van der Waals surface area contributed by atoms with Gasteiger partial charge in [0.05, 0.1) is 22.4 Å². The van der Waals surface area contributed by atoms with E-state index in [1.807, 2.05) is 18.2 Å². The van der Waals surface area contributed by atoms with E-state index < -0.39 is 0 Å². The lowest BCUT2D eigenvalue weighted by Gasteiger charge is -2.05. The van der Waals surface area contributed by atoms with Gasteiger partial charge in [0.1, 0.15) is 5.01 Å². The summed E-state index contributed by atoms with van der Waals surface area (Å²) >= 11 is 7.73. The number of aryl methyl sites for hydroxylation is 1. The van der Waals surface area contributed by atoms with Crippen LogP contribution in [0, 0.1) is 0 Å². The number of hydrogen-bond donors (Lipinski definition) is 2. The Kier molecular flexibility index (Phi) is 3.55. The smallest absolute Gasteiger partial charge is 0.250 e. The maximum Gasteiger partial charge on any atom is 0.250 e. The summed E-state index contributed by atoms with van der Waals surface area (Å²) in [6.45, 7) is 0. The van der Waals surface area contributed by atoms with Gasteiger partial charge in [0.2, 0.25) is 5.13 Å². The predicted octanol–water partition coefficient (Wildman–Crippen LogP) is 3.18. The molecule has 0 saturated heterocycles. The van der Waals surface area contributed by atoms with Crippen LogP contribution in [0.2, 0.25) is 5.02 Å². The summed E-state index contributed by atoms with van der Waals surface area (Å²) in [5, 5.41) is 20.9. The van der Waals surface area contributed by atoms with E-state index in [0.29, 0.717) is 15.2 Å². The highest BCUT2D eigenvalue weighted by Gasteiger charge is 2.11. The zero-order chi connectivity index (χ0) is 16.7. The Morgan fingerprint density at radius 3 is 3.00 bits per heavy atom. The largest absolute Gasteiger partial charge is 0.329 e. The summed E-state index contributed by atoms with van der Waals surface area (Å²) in [4.78, 5) is 11.7. The number of hydrogen-bond acceptors (Lipinski definition) is 6. The van der Waals surface area contributed by atoms with E-state index in [4.69, 9.17) is 11.6 Å². The Labute approximate surface area is 144 Å². The van der Waals surface area contributed by atoms with Crippen LogP contribution in [0.3, 0.4) is 0 Å². The molecule has 1 aromatic carbocycles. The van der Waals surface area contributed by atoms with Gasteiger partial charge in [-0.05, 0) is 18.2 Å². The van der Waals surface area contributed by atoms with Crippen molar-refractivity contribution >= 4 is 44.7 Å². The molecule has 3 heterocycles. The fourth-order valence-corrected chi connectivity index (χ4v) is 3.28. The molecule has 0 aliphatic rings. The fraction of sp³-hybridized carbons (Fsp3) is 0.0667. The predicted molar refractivity (Wildman–Crippen MR) is 95.0 cm³/mol. The summed E-state index contributed by atoms with van der Waals surface area (Å²) in [7, 11) is 1.70. The number of fused-ring (bicyclic) bond motifs is 1. The molecule has 0 atom stereocenters. The van der Waals surface area contributed by atoms with Crippen molar-refractivity contribution < 1.29 is 0 Å². The molecule has 0 saturated carbocycles. The number of halogens is 1. The van der Waals surface area contributed by atoms with Gasteiger partial charge in [-0.3, -0.25) is 9.89 Å². The van der Waals surface area contributed by atoms with Crippen molar-refractivity contribution in [1.29, 1.82) is 0 Å². The Morgan fingerprint density at radius 2 is 2.17 bits per heavy atom. The first kappa shape index (κ1) is 14.9. The lowest BCUT2D eigenvalue weighted by Crippen LogP contribution is -2.13. The molecule has 2 N–H and O–H groups in total. The van der Waals surface area contributed by atoms with Crippen LogP contribution in [0.1, 0.15) is 0 Å². The number of rotatable bonds is 3. The number of nitrogens with zero attached hydrogens (tertiary/aromatic N) is 4. The molecule has 0 fully saturated rings. The zero-order valence-electron chi connectivity index (χ0n) is 12.4. The van der Waals surface area contributed by atoms with Crippen LogP contribution in [-0.4, -0.2) is 25.0 Å². The maximum atomic E-state index is 11.7. The van der Waals surface area contributed by atoms with E-state index in [9.17, 15) is 4.79 Å². The minimum atomic E-state index is -0.0920. The second-order valence-corrected chi connectivity index (χ2v) is 6.52. The molecule has 0 bridgehead atoms. The van der Waals surface area contributed by atoms with Gasteiger partial charge in [-0.1, -0.05) is 22.9 Å². The lowest BCUT2D eigenvalue weighted by molar-refractivity contribution is 0.861. The van der Waals surface area contributed by atoms with Crippen molar-refractivity contribution in [2.75, 3.05) is 5.32 Å². The minimum Gasteiger partial charge on any atom is -0.329 e. The monoisotopic (exact) mass is 358 g/mol. The van der Waals surface area contributed by atoms with E-state index in [-0.39, 0.29) is 5.56 Å². The molecule has 0 aliphatic carbocycles. The minimum absolute atomic E-state index is 0.0920. The summed E-state index contributed by atoms with van der Waals surface area (Å²) in [5.41, 5.74) is 2.23. The van der Waals surface area contributed by atoms with Gasteiger partial charge < -0.3 is 9.88 Å². The van der Waals surface area contributed by atoms with Crippen molar-refractivity contribution in [3.05, 3.63) is 52.0 Å². The van der Waals surface area contributed by atoms with Crippen LogP contribution in [0.15, 0.2) is 41.5 Å². The first-order valence-corrected chi connectivity index (χ1v) is 8.20. The van der Waals surface area contributed by atoms with Gasteiger partial charge >= 0.3 is 0 Å². The first-order chi connectivity index (χ1) is 11.6. The summed E-state index contributed by atoms with van der Waals surface area (Å²) < 4.78 is 1.50. The number of H-pyrrole nitrogens is 1. The average molecular weight is 359 g/mol. The number of aromatic amines is 1. The molecule has 120 valence electrons. The van der Waals surface area contributed by atoms with Crippen molar-refractivity contribution in [2.24, 2.45) is 7.05 Å². The van der Waals surface area contributed by atoms with Gasteiger partial charge in [-0.2, -0.15) is 5.10 Å². The van der Waals surface area contributed by atoms with Crippen LogP contribution < -0.4 is 10.9 Å². The third-order valence-electron chi connectivity index (χ3n) is 3.58. The van der Waals surface area contributed by atoms with Gasteiger partial charge in [-0.15, -0.1) is 10.2 Å². The molecule has 4 rings (SSSR count). The topological polar surface area (TPSA) is 88.5 Å². The Morgan fingerprint density at radius 1 is 1.29 bits per heavy atom. The zero-order valence-corrected chi connectivity index (χ0v) is 14.0. The quantitative estimate of drug-likeness (QED) is 0.587. The van der Waals surface area contributed by atoms with Crippen LogP contribution in [-0.2, 0) is 7.05 Å². The molecule has 24 heavy (non-hydrogen) atoms. The second kappa shape index (κ2) is 5.73. The van der Waals surface area contributed by atoms with Crippen molar-refractivity contribution in [3.8, 4) is 10.6 Å². The molecule has 0 spiro atoms. The fourth-order valence-electron chi connectivity index (χ4n) is 2.27. The second-order valence-electron chi connectivity index (χ2n) is 5.16. The van der Waals surface area contributed by atoms with E-state index >= 15 is 0 Å². The van der Waals surface area contributed by atoms with E-state index in [1.54, 1.807) is 19.4 Å². The lowest BCUT2D eigenvalue weighted by atomic mass is 10.2. The molecular weight excluding hydrogens is 348 g/mol. The summed E-state index contributed by atoms with van der Waals surface area (Å²) in [6.07, 6.45) is 3.38. The van der Waals surface area contributed by atoms with Crippen molar-refractivity contribution in [2.45, 2.75) is 0 Å². The van der Waals surface area contributed by atoms with Gasteiger partial charge in [0, 0.05) is 30.3 Å². The third-order valence-corrected chi connectivity index (χ3v) is 4.87. The molecule has 0 amide bonds. The van der Waals surface area contributed by atoms with Crippen LogP contribution in [0.5, 0.6) is 0 Å². The Bertz CT molecular complexity index is 1100. The highest BCUT2D eigenvalue weighted by atomic mass is 35.5. The Hall–Kier alpha value is -2.71. The molecule has 7 nitrogen and oxygen atoms in total. The third kappa shape index (κ3) is 2.55. The van der Waals surface area contributed by atoms with Gasteiger partial charge in [0.15, 0.2) is 0 Å². The molecule has 3 aromatic heterocycles. The van der Waals surface area contributed by atoms with E-state index in [0.717, 1.165) is 22.2 Å². The number of benzene rings is 1. The van der Waals surface area contributed by atoms with Crippen molar-refractivity contribution in [3.63, 3.8) is 0 Å². The highest BCUT2D eigenvalue weighted by Crippen LogP contribution is 2.34. The summed E-state index contributed by atoms with van der Waals surface area (Å²) in [6, 6.07) is 7.10. The Balaban J connectivity index is 1.65. The molecule has 4 aromatic rings. The van der Waals surface area contributed by atoms with Crippen LogP contribution >= 0.6 is 22.9 Å². The number of anilines is 2. The SMILES string of the molecule is Cn1ccc(-c2nnc(Nc3ccc4[nH]ncc4c3Cl)s2)cc1=O. The van der Waals surface area contributed by atoms with Crippen LogP contribution in [0.25, 0.3) is 21.5 Å². The average Bonchev–Trinajstić information content (AvgIpc) is 3.22. The normalized spacial score (nSPS) is 11.1. The first-order valence-electron chi connectivity index (χ1n) is 7.01.